The molecule has 0 amide bonds. The van der Waals surface area contributed by atoms with Crippen molar-refractivity contribution in [2.75, 3.05) is 7.11 Å². The molecule has 0 spiro atoms. The van der Waals surface area contributed by atoms with Crippen LogP contribution in [0.1, 0.15) is 23.0 Å². The maximum absolute atomic E-state index is 5.66. The summed E-state index contributed by atoms with van der Waals surface area (Å²) in [5.41, 5.74) is 5.90. The van der Waals surface area contributed by atoms with Crippen LogP contribution in [0.4, 0.5) is 0 Å². The third-order valence-corrected chi connectivity index (χ3v) is 2.95. The van der Waals surface area contributed by atoms with Gasteiger partial charge < -0.3 is 4.74 Å². The lowest BCUT2D eigenvalue weighted by molar-refractivity contribution is 0.414. The van der Waals surface area contributed by atoms with Crippen LogP contribution in [0.5, 0.6) is 5.75 Å². The number of rotatable bonds is 4. The number of hydrazine groups is 1. The average molecular weight is 246 g/mol. The van der Waals surface area contributed by atoms with Crippen LogP contribution in [-0.4, -0.2) is 16.9 Å². The number of aryl methyl sites for hydroxylation is 2. The van der Waals surface area contributed by atoms with Gasteiger partial charge in [-0.1, -0.05) is 12.1 Å². The number of ether oxygens (including phenoxy) is 1. The van der Waals surface area contributed by atoms with Gasteiger partial charge in [-0.2, -0.15) is 5.10 Å². The van der Waals surface area contributed by atoms with Gasteiger partial charge in [0.2, 0.25) is 0 Å². The Hall–Kier alpha value is -1.85. The number of nitrogens with zero attached hydrogens (tertiary/aromatic N) is 2. The molecule has 2 aromatic rings. The van der Waals surface area contributed by atoms with Crippen molar-refractivity contribution in [3.63, 3.8) is 0 Å². The van der Waals surface area contributed by atoms with Crippen LogP contribution in [0.25, 0.3) is 0 Å². The molecule has 0 radical (unpaired) electrons. The van der Waals surface area contributed by atoms with E-state index in [1.165, 1.54) is 0 Å². The van der Waals surface area contributed by atoms with Crippen LogP contribution in [0.2, 0.25) is 0 Å². The molecule has 1 aromatic carbocycles. The molecule has 0 aliphatic heterocycles. The highest BCUT2D eigenvalue weighted by Gasteiger charge is 2.16. The second kappa shape index (κ2) is 5.20. The standard InChI is InChI=1S/C13H18N4O/c1-9-8-12(17(2)16-9)13(15-14)10-4-6-11(18-3)7-5-10/h4-8,13,15H,14H2,1-3H3. The Morgan fingerprint density at radius 3 is 2.44 bits per heavy atom. The van der Waals surface area contributed by atoms with Crippen molar-refractivity contribution in [3.05, 3.63) is 47.3 Å². The number of methoxy groups -OCH3 is 1. The SMILES string of the molecule is COc1ccc(C(NN)c2cc(C)nn2C)cc1. The lowest BCUT2D eigenvalue weighted by Crippen LogP contribution is -2.30. The Balaban J connectivity index is 2.35. The van der Waals surface area contributed by atoms with E-state index in [1.807, 2.05) is 49.0 Å². The van der Waals surface area contributed by atoms with Crippen molar-refractivity contribution >= 4 is 0 Å². The zero-order valence-electron chi connectivity index (χ0n) is 10.8. The number of hydrogen-bond acceptors (Lipinski definition) is 4. The molecule has 5 nitrogen and oxygen atoms in total. The van der Waals surface area contributed by atoms with E-state index < -0.39 is 0 Å². The topological polar surface area (TPSA) is 65.1 Å². The summed E-state index contributed by atoms with van der Waals surface area (Å²) in [5.74, 6) is 6.49. The molecular weight excluding hydrogens is 228 g/mol. The molecule has 0 saturated carbocycles. The molecule has 0 saturated heterocycles. The van der Waals surface area contributed by atoms with Crippen molar-refractivity contribution in [2.24, 2.45) is 12.9 Å². The minimum atomic E-state index is -0.0814. The molecule has 0 bridgehead atoms. The van der Waals surface area contributed by atoms with Gasteiger partial charge in [0.15, 0.2) is 0 Å². The minimum absolute atomic E-state index is 0.0814. The van der Waals surface area contributed by atoms with Crippen molar-refractivity contribution in [2.45, 2.75) is 13.0 Å². The Labute approximate surface area is 107 Å². The molecular formula is C13H18N4O. The summed E-state index contributed by atoms with van der Waals surface area (Å²) < 4.78 is 6.98. The molecule has 0 fully saturated rings. The highest BCUT2D eigenvalue weighted by molar-refractivity contribution is 5.33. The highest BCUT2D eigenvalue weighted by Crippen LogP contribution is 2.23. The van der Waals surface area contributed by atoms with Crippen LogP contribution in [-0.2, 0) is 7.05 Å². The molecule has 5 heteroatoms. The zero-order valence-corrected chi connectivity index (χ0v) is 10.8. The summed E-state index contributed by atoms with van der Waals surface area (Å²) in [6, 6.07) is 9.76. The molecule has 1 atom stereocenters. The number of nitrogens with one attached hydrogen (secondary N) is 1. The number of benzene rings is 1. The Morgan fingerprint density at radius 2 is 2.00 bits per heavy atom. The summed E-state index contributed by atoms with van der Waals surface area (Å²) >= 11 is 0. The zero-order chi connectivity index (χ0) is 13.1. The fraction of sp³-hybridized carbons (Fsp3) is 0.308. The molecule has 2 rings (SSSR count). The summed E-state index contributed by atoms with van der Waals surface area (Å²) in [6.07, 6.45) is 0. The predicted molar refractivity (Wildman–Crippen MR) is 70.1 cm³/mol. The fourth-order valence-electron chi connectivity index (χ4n) is 2.05. The van der Waals surface area contributed by atoms with Crippen LogP contribution < -0.4 is 16.0 Å². The van der Waals surface area contributed by atoms with Gasteiger partial charge in [0.1, 0.15) is 5.75 Å². The molecule has 96 valence electrons. The van der Waals surface area contributed by atoms with Crippen LogP contribution in [0, 0.1) is 6.92 Å². The summed E-state index contributed by atoms with van der Waals surface area (Å²) in [4.78, 5) is 0. The second-order valence-electron chi connectivity index (χ2n) is 4.21. The van der Waals surface area contributed by atoms with E-state index >= 15 is 0 Å². The lowest BCUT2D eigenvalue weighted by Gasteiger charge is -2.16. The van der Waals surface area contributed by atoms with Gasteiger partial charge in [0, 0.05) is 7.05 Å². The summed E-state index contributed by atoms with van der Waals surface area (Å²) in [7, 11) is 3.56. The van der Waals surface area contributed by atoms with Crippen molar-refractivity contribution in [1.29, 1.82) is 0 Å². The first kappa shape index (κ1) is 12.6. The van der Waals surface area contributed by atoms with Crippen LogP contribution >= 0.6 is 0 Å². The third kappa shape index (κ3) is 2.37. The Kier molecular flexibility index (Phi) is 3.64. The summed E-state index contributed by atoms with van der Waals surface area (Å²) in [6.45, 7) is 1.96. The Bertz CT molecular complexity index is 518. The molecule has 1 heterocycles. The van der Waals surface area contributed by atoms with Crippen LogP contribution in [0.3, 0.4) is 0 Å². The van der Waals surface area contributed by atoms with E-state index in [-0.39, 0.29) is 6.04 Å². The maximum Gasteiger partial charge on any atom is 0.118 e. The van der Waals surface area contributed by atoms with E-state index in [9.17, 15) is 0 Å². The fourth-order valence-corrected chi connectivity index (χ4v) is 2.05. The first-order valence-corrected chi connectivity index (χ1v) is 5.76. The minimum Gasteiger partial charge on any atom is -0.497 e. The maximum atomic E-state index is 5.66. The van der Waals surface area contributed by atoms with Gasteiger partial charge >= 0.3 is 0 Å². The molecule has 18 heavy (non-hydrogen) atoms. The smallest absolute Gasteiger partial charge is 0.118 e. The molecule has 3 N–H and O–H groups in total. The first-order valence-electron chi connectivity index (χ1n) is 5.76. The number of hydrogen-bond donors (Lipinski definition) is 2. The average Bonchev–Trinajstić information content (AvgIpc) is 2.70. The van der Waals surface area contributed by atoms with E-state index in [0.29, 0.717) is 0 Å². The second-order valence-corrected chi connectivity index (χ2v) is 4.21. The van der Waals surface area contributed by atoms with Gasteiger partial charge in [-0.3, -0.25) is 10.5 Å². The monoisotopic (exact) mass is 246 g/mol. The van der Waals surface area contributed by atoms with Crippen LogP contribution in [0.15, 0.2) is 30.3 Å². The molecule has 1 unspecified atom stereocenters. The third-order valence-electron chi connectivity index (χ3n) is 2.95. The normalized spacial score (nSPS) is 12.4. The van der Waals surface area contributed by atoms with Gasteiger partial charge in [0.25, 0.3) is 0 Å². The quantitative estimate of drug-likeness (QED) is 0.630. The van der Waals surface area contributed by atoms with Gasteiger partial charge in [-0.15, -0.1) is 0 Å². The largest absolute Gasteiger partial charge is 0.497 e. The molecule has 0 aliphatic rings. The predicted octanol–water partition coefficient (Wildman–Crippen LogP) is 1.29. The van der Waals surface area contributed by atoms with Crippen molar-refractivity contribution in [3.8, 4) is 5.75 Å². The molecule has 1 aromatic heterocycles. The molecule has 0 aliphatic carbocycles. The van der Waals surface area contributed by atoms with Gasteiger partial charge in [-0.05, 0) is 30.7 Å². The summed E-state index contributed by atoms with van der Waals surface area (Å²) in [5, 5.41) is 4.34. The number of nitrogens with two attached hydrogens (primary N) is 1. The van der Waals surface area contributed by atoms with Gasteiger partial charge in [-0.25, -0.2) is 5.43 Å². The Morgan fingerprint density at radius 1 is 1.33 bits per heavy atom. The first-order chi connectivity index (χ1) is 8.65. The van der Waals surface area contributed by atoms with Crippen molar-refractivity contribution in [1.82, 2.24) is 15.2 Å². The van der Waals surface area contributed by atoms with E-state index in [0.717, 1.165) is 22.7 Å². The van der Waals surface area contributed by atoms with E-state index in [2.05, 4.69) is 10.5 Å². The van der Waals surface area contributed by atoms with Gasteiger partial charge in [0.05, 0.1) is 24.5 Å². The van der Waals surface area contributed by atoms with Crippen molar-refractivity contribution < 1.29 is 4.74 Å². The van der Waals surface area contributed by atoms with E-state index in [1.54, 1.807) is 7.11 Å². The number of aromatic nitrogens is 2. The lowest BCUT2D eigenvalue weighted by atomic mass is 10.0. The highest BCUT2D eigenvalue weighted by atomic mass is 16.5. The van der Waals surface area contributed by atoms with E-state index in [4.69, 9.17) is 10.6 Å².